The van der Waals surface area contributed by atoms with Crippen molar-refractivity contribution < 1.29 is 23.1 Å². The summed E-state index contributed by atoms with van der Waals surface area (Å²) in [5.41, 5.74) is 0. The van der Waals surface area contributed by atoms with Gasteiger partial charge in [-0.05, 0) is 32.1 Å². The van der Waals surface area contributed by atoms with Crippen molar-refractivity contribution in [2.75, 3.05) is 6.61 Å². The van der Waals surface area contributed by atoms with Crippen molar-refractivity contribution in [1.82, 2.24) is 4.72 Å². The van der Waals surface area contributed by atoms with Gasteiger partial charge in [0.1, 0.15) is 6.04 Å². The highest BCUT2D eigenvalue weighted by atomic mass is 32.2. The molecule has 1 rings (SSSR count). The van der Waals surface area contributed by atoms with Gasteiger partial charge in [-0.3, -0.25) is 4.79 Å². The lowest BCUT2D eigenvalue weighted by atomic mass is 10.1. The van der Waals surface area contributed by atoms with Crippen molar-refractivity contribution in [2.45, 2.75) is 57.4 Å². The van der Waals surface area contributed by atoms with Gasteiger partial charge in [0.15, 0.2) is 0 Å². The third kappa shape index (κ3) is 5.08. The molecule has 1 saturated heterocycles. The molecule has 2 N–H and O–H groups in total. The van der Waals surface area contributed by atoms with Crippen LogP contribution in [0.5, 0.6) is 0 Å². The van der Waals surface area contributed by atoms with E-state index in [1.165, 1.54) is 0 Å². The van der Waals surface area contributed by atoms with Gasteiger partial charge >= 0.3 is 5.97 Å². The first-order valence-electron chi connectivity index (χ1n) is 6.58. The van der Waals surface area contributed by atoms with Crippen LogP contribution in [0.4, 0.5) is 0 Å². The summed E-state index contributed by atoms with van der Waals surface area (Å²) < 4.78 is 32.0. The molecule has 0 aliphatic carbocycles. The molecule has 0 bridgehead atoms. The molecule has 3 atom stereocenters. The van der Waals surface area contributed by atoms with Crippen LogP contribution in [0.15, 0.2) is 0 Å². The molecule has 19 heavy (non-hydrogen) atoms. The van der Waals surface area contributed by atoms with Crippen molar-refractivity contribution in [3.8, 4) is 0 Å². The number of nitrogens with one attached hydrogen (secondary N) is 1. The molecule has 7 heteroatoms. The van der Waals surface area contributed by atoms with Crippen LogP contribution in [0.3, 0.4) is 0 Å². The van der Waals surface area contributed by atoms with Gasteiger partial charge in [-0.25, -0.2) is 13.1 Å². The van der Waals surface area contributed by atoms with Gasteiger partial charge in [0.05, 0.1) is 11.4 Å². The number of hydrogen-bond donors (Lipinski definition) is 2. The van der Waals surface area contributed by atoms with Crippen LogP contribution in [-0.4, -0.2) is 43.5 Å². The Morgan fingerprint density at radius 2 is 2.11 bits per heavy atom. The van der Waals surface area contributed by atoms with E-state index in [-0.39, 0.29) is 18.4 Å². The molecule has 0 aromatic rings. The standard InChI is InChI=1S/C12H23NO5S/c1-8(2)6-11(12(14)15)13-19(16,17)10-4-5-18-9(3)7-10/h8-11,13H,4-7H2,1-3H3,(H,14,15). The highest BCUT2D eigenvalue weighted by molar-refractivity contribution is 7.90. The average molecular weight is 293 g/mol. The Morgan fingerprint density at radius 3 is 2.58 bits per heavy atom. The van der Waals surface area contributed by atoms with Crippen LogP contribution in [0.25, 0.3) is 0 Å². The quantitative estimate of drug-likeness (QED) is 0.761. The molecule has 0 amide bonds. The topological polar surface area (TPSA) is 92.7 Å². The van der Waals surface area contributed by atoms with E-state index < -0.39 is 27.3 Å². The van der Waals surface area contributed by atoms with E-state index in [0.29, 0.717) is 19.4 Å². The van der Waals surface area contributed by atoms with E-state index >= 15 is 0 Å². The Hall–Kier alpha value is -0.660. The van der Waals surface area contributed by atoms with Crippen molar-refractivity contribution in [2.24, 2.45) is 5.92 Å². The number of hydrogen-bond acceptors (Lipinski definition) is 4. The van der Waals surface area contributed by atoms with Gasteiger partial charge in [0.2, 0.25) is 10.0 Å². The van der Waals surface area contributed by atoms with E-state index in [2.05, 4.69) is 4.72 Å². The highest BCUT2D eigenvalue weighted by Gasteiger charge is 2.34. The molecule has 1 fully saturated rings. The second kappa shape index (κ2) is 6.67. The fourth-order valence-corrected chi connectivity index (χ4v) is 3.92. The number of carbonyl (C=O) groups is 1. The first-order chi connectivity index (χ1) is 8.72. The molecule has 1 heterocycles. The maximum absolute atomic E-state index is 12.2. The third-order valence-electron chi connectivity index (χ3n) is 3.19. The molecule has 0 saturated carbocycles. The molecular formula is C12H23NO5S. The van der Waals surface area contributed by atoms with E-state index in [0.717, 1.165) is 0 Å². The van der Waals surface area contributed by atoms with Crippen molar-refractivity contribution in [3.63, 3.8) is 0 Å². The predicted octanol–water partition coefficient (Wildman–Crippen LogP) is 0.973. The first kappa shape index (κ1) is 16.4. The maximum Gasteiger partial charge on any atom is 0.321 e. The summed E-state index contributed by atoms with van der Waals surface area (Å²) >= 11 is 0. The SMILES string of the molecule is CC(C)CC(NS(=O)(=O)C1CCOC(C)C1)C(=O)O. The second-order valence-electron chi connectivity index (χ2n) is 5.51. The third-order valence-corrected chi connectivity index (χ3v) is 5.11. The average Bonchev–Trinajstić information content (AvgIpc) is 2.27. The molecule has 1 aliphatic rings. The summed E-state index contributed by atoms with van der Waals surface area (Å²) in [6.45, 7) is 5.95. The largest absolute Gasteiger partial charge is 0.480 e. The lowest BCUT2D eigenvalue weighted by Crippen LogP contribution is -2.47. The van der Waals surface area contributed by atoms with Gasteiger partial charge in [-0.15, -0.1) is 0 Å². The lowest BCUT2D eigenvalue weighted by Gasteiger charge is -2.28. The zero-order chi connectivity index (χ0) is 14.6. The fourth-order valence-electron chi connectivity index (χ4n) is 2.20. The predicted molar refractivity (Wildman–Crippen MR) is 71.4 cm³/mol. The zero-order valence-corrected chi connectivity index (χ0v) is 12.4. The summed E-state index contributed by atoms with van der Waals surface area (Å²) in [6, 6.07) is -1.05. The first-order valence-corrected chi connectivity index (χ1v) is 8.12. The van der Waals surface area contributed by atoms with Crippen LogP contribution >= 0.6 is 0 Å². The van der Waals surface area contributed by atoms with Gasteiger partial charge in [-0.1, -0.05) is 13.8 Å². The minimum Gasteiger partial charge on any atom is -0.480 e. The normalized spacial score (nSPS) is 26.3. The number of ether oxygens (including phenoxy) is 1. The van der Waals surface area contributed by atoms with Gasteiger partial charge in [0.25, 0.3) is 0 Å². The van der Waals surface area contributed by atoms with Crippen LogP contribution in [0.2, 0.25) is 0 Å². The van der Waals surface area contributed by atoms with Gasteiger partial charge in [0, 0.05) is 6.61 Å². The van der Waals surface area contributed by atoms with Crippen molar-refractivity contribution in [3.05, 3.63) is 0 Å². The monoisotopic (exact) mass is 293 g/mol. The molecule has 3 unspecified atom stereocenters. The molecule has 6 nitrogen and oxygen atoms in total. The van der Waals surface area contributed by atoms with E-state index in [1.807, 2.05) is 20.8 Å². The smallest absolute Gasteiger partial charge is 0.321 e. The highest BCUT2D eigenvalue weighted by Crippen LogP contribution is 2.20. The summed E-state index contributed by atoms with van der Waals surface area (Å²) in [4.78, 5) is 11.1. The Morgan fingerprint density at radius 1 is 1.47 bits per heavy atom. The lowest BCUT2D eigenvalue weighted by molar-refractivity contribution is -0.139. The van der Waals surface area contributed by atoms with Gasteiger partial charge < -0.3 is 9.84 Å². The summed E-state index contributed by atoms with van der Waals surface area (Å²) in [6.07, 6.45) is 0.994. The Kier molecular flexibility index (Phi) is 5.76. The number of carboxylic acids is 1. The van der Waals surface area contributed by atoms with E-state index in [1.54, 1.807) is 0 Å². The summed E-state index contributed by atoms with van der Waals surface area (Å²) in [5.74, 6) is -1.02. The molecule has 0 radical (unpaired) electrons. The number of carboxylic acid groups (broad SMARTS) is 1. The molecular weight excluding hydrogens is 270 g/mol. The summed E-state index contributed by atoms with van der Waals surface area (Å²) in [7, 11) is -3.62. The van der Waals surface area contributed by atoms with Crippen LogP contribution in [-0.2, 0) is 19.6 Å². The molecule has 1 aliphatic heterocycles. The Bertz CT molecular complexity index is 406. The van der Waals surface area contributed by atoms with Crippen LogP contribution in [0.1, 0.15) is 40.0 Å². The number of rotatable bonds is 6. The van der Waals surface area contributed by atoms with Gasteiger partial charge in [-0.2, -0.15) is 0 Å². The minimum atomic E-state index is -3.62. The van der Waals surface area contributed by atoms with E-state index in [9.17, 15) is 13.2 Å². The van der Waals surface area contributed by atoms with Crippen molar-refractivity contribution >= 4 is 16.0 Å². The Balaban J connectivity index is 2.73. The van der Waals surface area contributed by atoms with E-state index in [4.69, 9.17) is 9.84 Å². The molecule has 0 spiro atoms. The van der Waals surface area contributed by atoms with Crippen LogP contribution in [0, 0.1) is 5.92 Å². The molecule has 0 aromatic carbocycles. The zero-order valence-electron chi connectivity index (χ0n) is 11.6. The molecule has 112 valence electrons. The number of sulfonamides is 1. The second-order valence-corrected chi connectivity index (χ2v) is 7.50. The number of aliphatic carboxylic acids is 1. The van der Waals surface area contributed by atoms with Crippen molar-refractivity contribution in [1.29, 1.82) is 0 Å². The molecule has 0 aromatic heterocycles. The van der Waals surface area contributed by atoms with Crippen LogP contribution < -0.4 is 4.72 Å². The maximum atomic E-state index is 12.2. The minimum absolute atomic E-state index is 0.108. The fraction of sp³-hybridized carbons (Fsp3) is 0.917. The Labute approximate surface area is 114 Å². The summed E-state index contributed by atoms with van der Waals surface area (Å²) in [5, 5.41) is 8.52.